The van der Waals surface area contributed by atoms with E-state index in [4.69, 9.17) is 0 Å². The van der Waals surface area contributed by atoms with Gasteiger partial charge in [0.25, 0.3) is 5.91 Å². The number of para-hydroxylation sites is 1. The fourth-order valence-corrected chi connectivity index (χ4v) is 3.33. The lowest BCUT2D eigenvalue weighted by Crippen LogP contribution is -2.32. The summed E-state index contributed by atoms with van der Waals surface area (Å²) in [5.74, 6) is -0.516. The number of rotatable bonds is 6. The van der Waals surface area contributed by atoms with Gasteiger partial charge in [0.05, 0.1) is 15.2 Å². The van der Waals surface area contributed by atoms with Crippen LogP contribution < -0.4 is 16.0 Å². The first-order chi connectivity index (χ1) is 11.1. The summed E-state index contributed by atoms with van der Waals surface area (Å²) in [6.07, 6.45) is 1.16. The summed E-state index contributed by atoms with van der Waals surface area (Å²) in [5.41, 5.74) is 0.974. The second-order valence-corrected chi connectivity index (χ2v) is 6.34. The summed E-state index contributed by atoms with van der Waals surface area (Å²) >= 11 is 1.62. The van der Waals surface area contributed by atoms with Gasteiger partial charge >= 0.3 is 6.03 Å². The average molecular weight is 332 g/mol. The molecule has 0 bridgehead atoms. The number of carbonyl (C=O) groups is 3. The molecule has 1 aliphatic heterocycles. The molecule has 1 atom stereocenters. The number of imide groups is 1. The van der Waals surface area contributed by atoms with E-state index in [1.165, 1.54) is 0 Å². The Kier molecular flexibility index (Phi) is 4.52. The van der Waals surface area contributed by atoms with Crippen molar-refractivity contribution in [3.8, 4) is 0 Å². The quantitative estimate of drug-likeness (QED) is 0.686. The normalized spacial score (nSPS) is 17.1. The summed E-state index contributed by atoms with van der Waals surface area (Å²) in [4.78, 5) is 38.6. The maximum absolute atomic E-state index is 11.8. The second kappa shape index (κ2) is 6.74. The van der Waals surface area contributed by atoms with Crippen molar-refractivity contribution >= 4 is 39.4 Å². The Morgan fingerprint density at radius 1 is 1.30 bits per heavy atom. The van der Waals surface area contributed by atoms with Gasteiger partial charge in [0.2, 0.25) is 5.91 Å². The fourth-order valence-electron chi connectivity index (χ4n) is 2.36. The van der Waals surface area contributed by atoms with Crippen molar-refractivity contribution in [3.63, 3.8) is 0 Å². The molecule has 0 spiro atoms. The minimum Gasteiger partial charge on any atom is -0.356 e. The van der Waals surface area contributed by atoms with Crippen molar-refractivity contribution in [1.82, 2.24) is 20.9 Å². The molecule has 0 saturated carbocycles. The Balaban J connectivity index is 1.40. The molecule has 4 amide bonds. The molecule has 7 nitrogen and oxygen atoms in total. The standard InChI is InChI=1S/C15H16N4O3S/c20-12(6-5-10-14(21)19-15(22)18-10)16-8-7-13-17-9-3-1-2-4-11(9)23-13/h1-4,10H,5-8H2,(H,16,20)(H2,18,19,21,22)/t10-/m0/s1. The van der Waals surface area contributed by atoms with Gasteiger partial charge in [-0.3, -0.25) is 14.9 Å². The molecule has 120 valence electrons. The third-order valence-corrected chi connectivity index (χ3v) is 4.61. The number of urea groups is 1. The van der Waals surface area contributed by atoms with Crippen LogP contribution in [-0.4, -0.2) is 35.4 Å². The van der Waals surface area contributed by atoms with Gasteiger partial charge in [-0.15, -0.1) is 11.3 Å². The first-order valence-electron chi connectivity index (χ1n) is 7.34. The monoisotopic (exact) mass is 332 g/mol. The predicted octanol–water partition coefficient (Wildman–Crippen LogP) is 0.943. The minimum absolute atomic E-state index is 0.139. The van der Waals surface area contributed by atoms with Crippen LogP contribution in [0.4, 0.5) is 4.79 Å². The lowest BCUT2D eigenvalue weighted by molar-refractivity contribution is -0.122. The lowest BCUT2D eigenvalue weighted by Gasteiger charge is -2.07. The van der Waals surface area contributed by atoms with Crippen molar-refractivity contribution in [3.05, 3.63) is 29.3 Å². The Morgan fingerprint density at radius 3 is 2.87 bits per heavy atom. The number of hydrogen-bond donors (Lipinski definition) is 3. The molecule has 23 heavy (non-hydrogen) atoms. The topological polar surface area (TPSA) is 100 Å². The van der Waals surface area contributed by atoms with E-state index in [1.54, 1.807) is 11.3 Å². The molecule has 3 N–H and O–H groups in total. The Hall–Kier alpha value is -2.48. The van der Waals surface area contributed by atoms with Crippen LogP contribution in [0.15, 0.2) is 24.3 Å². The van der Waals surface area contributed by atoms with Gasteiger partial charge in [-0.1, -0.05) is 12.1 Å². The molecule has 1 aromatic heterocycles. The van der Waals surface area contributed by atoms with E-state index in [-0.39, 0.29) is 18.2 Å². The van der Waals surface area contributed by atoms with Crippen LogP contribution in [0.25, 0.3) is 10.2 Å². The van der Waals surface area contributed by atoms with E-state index in [0.29, 0.717) is 19.4 Å². The van der Waals surface area contributed by atoms with Crippen LogP contribution in [-0.2, 0) is 16.0 Å². The smallest absolute Gasteiger partial charge is 0.322 e. The first-order valence-corrected chi connectivity index (χ1v) is 8.16. The first kappa shape index (κ1) is 15.4. The van der Waals surface area contributed by atoms with Crippen LogP contribution in [0, 0.1) is 0 Å². The fraction of sp³-hybridized carbons (Fsp3) is 0.333. The van der Waals surface area contributed by atoms with E-state index in [1.807, 2.05) is 24.3 Å². The number of fused-ring (bicyclic) bond motifs is 1. The number of hydrogen-bond acceptors (Lipinski definition) is 5. The Bertz CT molecular complexity index is 725. The molecule has 1 aliphatic rings. The highest BCUT2D eigenvalue weighted by molar-refractivity contribution is 7.18. The van der Waals surface area contributed by atoms with Crippen molar-refractivity contribution in [2.24, 2.45) is 0 Å². The van der Waals surface area contributed by atoms with Gasteiger partial charge in [0, 0.05) is 19.4 Å². The number of nitrogens with one attached hydrogen (secondary N) is 3. The summed E-state index contributed by atoms with van der Waals surface area (Å²) in [6, 6.07) is 6.80. The average Bonchev–Trinajstić information content (AvgIpc) is 3.07. The zero-order valence-electron chi connectivity index (χ0n) is 12.3. The second-order valence-electron chi connectivity index (χ2n) is 5.23. The molecule has 1 saturated heterocycles. The molecule has 1 aromatic carbocycles. The molecular formula is C15H16N4O3S. The maximum Gasteiger partial charge on any atom is 0.322 e. The van der Waals surface area contributed by atoms with Gasteiger partial charge in [-0.25, -0.2) is 9.78 Å². The third kappa shape index (κ3) is 3.84. The Labute approximate surface area is 136 Å². The molecular weight excluding hydrogens is 316 g/mol. The maximum atomic E-state index is 11.8. The summed E-state index contributed by atoms with van der Waals surface area (Å²) in [7, 11) is 0. The van der Waals surface area contributed by atoms with Gasteiger partial charge < -0.3 is 10.6 Å². The number of amides is 4. The number of aromatic nitrogens is 1. The summed E-state index contributed by atoms with van der Waals surface area (Å²) in [5, 5.41) is 8.40. The van der Waals surface area contributed by atoms with Crippen LogP contribution in [0.3, 0.4) is 0 Å². The van der Waals surface area contributed by atoms with E-state index < -0.39 is 12.1 Å². The zero-order valence-corrected chi connectivity index (χ0v) is 13.1. The van der Waals surface area contributed by atoms with Crippen molar-refractivity contribution in [2.45, 2.75) is 25.3 Å². The number of nitrogens with zero attached hydrogens (tertiary/aromatic N) is 1. The van der Waals surface area contributed by atoms with E-state index in [0.717, 1.165) is 15.2 Å². The molecule has 8 heteroatoms. The molecule has 2 aromatic rings. The van der Waals surface area contributed by atoms with Gasteiger partial charge in [-0.2, -0.15) is 0 Å². The summed E-state index contributed by atoms with van der Waals surface area (Å²) < 4.78 is 1.14. The largest absolute Gasteiger partial charge is 0.356 e. The summed E-state index contributed by atoms with van der Waals surface area (Å²) in [6.45, 7) is 0.502. The van der Waals surface area contributed by atoms with E-state index >= 15 is 0 Å². The molecule has 2 heterocycles. The van der Waals surface area contributed by atoms with Gasteiger partial charge in [-0.05, 0) is 18.6 Å². The van der Waals surface area contributed by atoms with Crippen molar-refractivity contribution in [2.75, 3.05) is 6.54 Å². The van der Waals surface area contributed by atoms with E-state index in [2.05, 4.69) is 20.9 Å². The number of carbonyl (C=O) groups excluding carboxylic acids is 3. The molecule has 0 unspecified atom stereocenters. The van der Waals surface area contributed by atoms with Crippen molar-refractivity contribution in [1.29, 1.82) is 0 Å². The molecule has 0 radical (unpaired) electrons. The highest BCUT2D eigenvalue weighted by Crippen LogP contribution is 2.21. The minimum atomic E-state index is -0.613. The molecule has 3 rings (SSSR count). The van der Waals surface area contributed by atoms with E-state index in [9.17, 15) is 14.4 Å². The third-order valence-electron chi connectivity index (χ3n) is 3.52. The van der Waals surface area contributed by atoms with Gasteiger partial charge in [0.1, 0.15) is 6.04 Å². The number of benzene rings is 1. The number of thiazole rings is 1. The molecule has 1 fully saturated rings. The highest BCUT2D eigenvalue weighted by Gasteiger charge is 2.29. The van der Waals surface area contributed by atoms with Crippen LogP contribution >= 0.6 is 11.3 Å². The zero-order chi connectivity index (χ0) is 16.2. The molecule has 0 aliphatic carbocycles. The van der Waals surface area contributed by atoms with Crippen LogP contribution in [0.5, 0.6) is 0 Å². The predicted molar refractivity (Wildman–Crippen MR) is 86.0 cm³/mol. The highest BCUT2D eigenvalue weighted by atomic mass is 32.1. The SMILES string of the molecule is O=C(CC[C@@H]1NC(=O)NC1=O)NCCc1nc2ccccc2s1. The van der Waals surface area contributed by atoms with Crippen LogP contribution in [0.1, 0.15) is 17.8 Å². The van der Waals surface area contributed by atoms with Gasteiger partial charge in [0.15, 0.2) is 0 Å². The van der Waals surface area contributed by atoms with Crippen molar-refractivity contribution < 1.29 is 14.4 Å². The Morgan fingerprint density at radius 2 is 2.13 bits per heavy atom. The van der Waals surface area contributed by atoms with Crippen LogP contribution in [0.2, 0.25) is 0 Å². The lowest BCUT2D eigenvalue weighted by atomic mass is 10.1.